The third kappa shape index (κ3) is 35.8. The van der Waals surface area contributed by atoms with Crippen LogP contribution >= 0.6 is 0 Å². The molecule has 64 heavy (non-hydrogen) atoms. The minimum absolute atomic E-state index is 0.468. The van der Waals surface area contributed by atoms with Gasteiger partial charge in [0.2, 0.25) is 0 Å². The zero-order chi connectivity index (χ0) is 46.2. The maximum absolute atomic E-state index is 11.7. The van der Waals surface area contributed by atoms with Crippen LogP contribution in [-0.2, 0) is 18.9 Å². The van der Waals surface area contributed by atoms with Gasteiger partial charge in [-0.1, -0.05) is 285 Å². The van der Waals surface area contributed by atoms with Crippen LogP contribution in [0.1, 0.15) is 310 Å². The molecule has 0 heterocycles. The Labute approximate surface area is 401 Å². The van der Waals surface area contributed by atoms with Gasteiger partial charge in [0.25, 0.3) is 0 Å². The van der Waals surface area contributed by atoms with Gasteiger partial charge < -0.3 is 29.2 Å². The monoisotopic (exact) mass is 909 g/mol. The molecule has 0 aromatic heterocycles. The summed E-state index contributed by atoms with van der Waals surface area (Å²) in [6.45, 7) is 11.5. The number of aliphatic hydroxyl groups is 2. The summed E-state index contributed by atoms with van der Waals surface area (Å²) < 4.78 is 26.6. The largest absolute Gasteiger partial charge is 0.387 e. The molecule has 1 fully saturated rings. The first-order valence-corrected chi connectivity index (χ1v) is 29.4. The molecule has 0 spiro atoms. The van der Waals surface area contributed by atoms with Crippen LogP contribution in [0.4, 0.5) is 0 Å². The summed E-state index contributed by atoms with van der Waals surface area (Å²) in [5, 5.41) is 23.5. The van der Waals surface area contributed by atoms with Crippen molar-refractivity contribution in [3.8, 4) is 0 Å². The standard InChI is InChI=1S/C58H116O6/c1-5-9-13-17-21-25-29-33-37-41-45-49-61-55-53(59)54(60)56(62-50-46-42-38-34-30-26-22-18-14-10-6-2)58(64-52-48-44-40-36-32-28-24-20-16-12-8-4)57(55)63-51-47-43-39-35-31-27-23-19-15-11-7-3/h53-60H,5-52H2,1-4H3/t53-,54+,55-,56-,57+,58+/m1/s1. The van der Waals surface area contributed by atoms with Gasteiger partial charge in [0, 0.05) is 26.4 Å². The van der Waals surface area contributed by atoms with Crippen LogP contribution in [0.5, 0.6) is 0 Å². The molecule has 0 aromatic carbocycles. The molecule has 0 unspecified atom stereocenters. The average molecular weight is 910 g/mol. The summed E-state index contributed by atoms with van der Waals surface area (Å²) in [7, 11) is 0. The van der Waals surface area contributed by atoms with Crippen molar-refractivity contribution >= 4 is 0 Å². The molecular formula is C58H116O6. The number of aliphatic hydroxyl groups excluding tert-OH is 2. The van der Waals surface area contributed by atoms with Crippen molar-refractivity contribution in [2.45, 2.75) is 347 Å². The normalized spacial score (nSPS) is 20.2. The molecule has 0 radical (unpaired) electrons. The Bertz CT molecular complexity index is 817. The third-order valence-corrected chi connectivity index (χ3v) is 14.2. The molecule has 0 bridgehead atoms. The summed E-state index contributed by atoms with van der Waals surface area (Å²) >= 11 is 0. The van der Waals surface area contributed by atoms with Crippen molar-refractivity contribution in [2.24, 2.45) is 0 Å². The van der Waals surface area contributed by atoms with Crippen molar-refractivity contribution < 1.29 is 29.2 Å². The molecule has 0 aromatic rings. The van der Waals surface area contributed by atoms with Gasteiger partial charge >= 0.3 is 0 Å². The van der Waals surface area contributed by atoms with Crippen LogP contribution in [0.15, 0.2) is 0 Å². The predicted octanol–water partition coefficient (Wildman–Crippen LogP) is 17.5. The zero-order valence-electron chi connectivity index (χ0n) is 43.9. The molecular weight excluding hydrogens is 793 g/mol. The van der Waals surface area contributed by atoms with E-state index in [2.05, 4.69) is 27.7 Å². The second kappa shape index (κ2) is 49.2. The van der Waals surface area contributed by atoms with E-state index in [1.165, 1.54) is 231 Å². The highest BCUT2D eigenvalue weighted by molar-refractivity contribution is 5.02. The predicted molar refractivity (Wildman–Crippen MR) is 277 cm³/mol. The molecule has 1 aliphatic carbocycles. The third-order valence-electron chi connectivity index (χ3n) is 14.2. The molecule has 6 nitrogen and oxygen atoms in total. The van der Waals surface area contributed by atoms with Gasteiger partial charge in [-0.3, -0.25) is 0 Å². The zero-order valence-corrected chi connectivity index (χ0v) is 43.9. The average Bonchev–Trinajstić information content (AvgIpc) is 3.30. The van der Waals surface area contributed by atoms with E-state index in [4.69, 9.17) is 18.9 Å². The number of hydrogen-bond donors (Lipinski definition) is 2. The second-order valence-corrected chi connectivity index (χ2v) is 20.5. The van der Waals surface area contributed by atoms with Gasteiger partial charge in [-0.05, 0) is 25.7 Å². The van der Waals surface area contributed by atoms with Crippen LogP contribution in [0.25, 0.3) is 0 Å². The van der Waals surface area contributed by atoms with E-state index in [1.807, 2.05) is 0 Å². The van der Waals surface area contributed by atoms with Crippen molar-refractivity contribution in [3.05, 3.63) is 0 Å². The quantitative estimate of drug-likeness (QED) is 0.0592. The lowest BCUT2D eigenvalue weighted by molar-refractivity contribution is -0.266. The first-order chi connectivity index (χ1) is 31.6. The van der Waals surface area contributed by atoms with E-state index in [0.717, 1.165) is 51.4 Å². The van der Waals surface area contributed by atoms with Gasteiger partial charge in [-0.2, -0.15) is 0 Å². The summed E-state index contributed by atoms with van der Waals surface area (Å²) in [6.07, 6.45) is 52.4. The second-order valence-electron chi connectivity index (χ2n) is 20.5. The van der Waals surface area contributed by atoms with Crippen LogP contribution in [0, 0.1) is 0 Å². The fourth-order valence-corrected chi connectivity index (χ4v) is 9.86. The van der Waals surface area contributed by atoms with Crippen LogP contribution in [0.3, 0.4) is 0 Å². The van der Waals surface area contributed by atoms with E-state index in [1.54, 1.807) is 0 Å². The van der Waals surface area contributed by atoms with Gasteiger partial charge in [-0.25, -0.2) is 0 Å². The number of rotatable bonds is 52. The Morgan fingerprint density at radius 2 is 0.344 bits per heavy atom. The van der Waals surface area contributed by atoms with Crippen molar-refractivity contribution in [2.75, 3.05) is 26.4 Å². The lowest BCUT2D eigenvalue weighted by Crippen LogP contribution is -2.66. The topological polar surface area (TPSA) is 77.4 Å². The Morgan fingerprint density at radius 3 is 0.516 bits per heavy atom. The molecule has 0 saturated heterocycles. The Morgan fingerprint density at radius 1 is 0.203 bits per heavy atom. The maximum atomic E-state index is 11.7. The fraction of sp³-hybridized carbons (Fsp3) is 1.00. The highest BCUT2D eigenvalue weighted by atomic mass is 16.6. The van der Waals surface area contributed by atoms with Gasteiger partial charge in [0.15, 0.2) is 0 Å². The Hall–Kier alpha value is -0.240. The highest BCUT2D eigenvalue weighted by Gasteiger charge is 2.52. The molecule has 2 N–H and O–H groups in total. The lowest BCUT2D eigenvalue weighted by atomic mass is 9.84. The smallest absolute Gasteiger partial charge is 0.115 e. The van der Waals surface area contributed by atoms with Crippen LogP contribution in [-0.4, -0.2) is 73.3 Å². The molecule has 0 aliphatic heterocycles. The molecule has 1 rings (SSSR count). The Kier molecular flexibility index (Phi) is 47.5. The van der Waals surface area contributed by atoms with Crippen molar-refractivity contribution in [1.82, 2.24) is 0 Å². The molecule has 6 heteroatoms. The van der Waals surface area contributed by atoms with Crippen molar-refractivity contribution in [3.63, 3.8) is 0 Å². The van der Waals surface area contributed by atoms with Gasteiger partial charge in [0.05, 0.1) is 0 Å². The Balaban J connectivity index is 2.82. The first-order valence-electron chi connectivity index (χ1n) is 29.4. The van der Waals surface area contributed by atoms with Crippen LogP contribution in [0.2, 0.25) is 0 Å². The minimum atomic E-state index is -1.07. The molecule has 6 atom stereocenters. The van der Waals surface area contributed by atoms with Gasteiger partial charge in [-0.15, -0.1) is 0 Å². The maximum Gasteiger partial charge on any atom is 0.115 e. The van der Waals surface area contributed by atoms with E-state index in [-0.39, 0.29) is 0 Å². The summed E-state index contributed by atoms with van der Waals surface area (Å²) in [5.74, 6) is 0. The van der Waals surface area contributed by atoms with Crippen molar-refractivity contribution in [1.29, 1.82) is 0 Å². The SMILES string of the molecule is CCCCCCCCCCCCCO[C@@H]1[C@@H](OCCCCCCCCCCCCC)[C@H](OCCCCCCCCCCCCC)[C@@H](O)[C@@H](O)[C@H]1OCCCCCCCCCCCCC. The number of unbranched alkanes of at least 4 members (excludes halogenated alkanes) is 40. The van der Waals surface area contributed by atoms with E-state index >= 15 is 0 Å². The first kappa shape index (κ1) is 61.8. The highest BCUT2D eigenvalue weighted by Crippen LogP contribution is 2.32. The summed E-state index contributed by atoms with van der Waals surface area (Å²) in [5.41, 5.74) is 0. The van der Waals surface area contributed by atoms with E-state index < -0.39 is 36.6 Å². The van der Waals surface area contributed by atoms with E-state index in [9.17, 15) is 10.2 Å². The number of hydrogen-bond acceptors (Lipinski definition) is 6. The summed E-state index contributed by atoms with van der Waals surface area (Å²) in [6, 6.07) is 0. The lowest BCUT2D eigenvalue weighted by Gasteiger charge is -2.47. The molecule has 384 valence electrons. The van der Waals surface area contributed by atoms with Crippen LogP contribution < -0.4 is 0 Å². The van der Waals surface area contributed by atoms with E-state index in [0.29, 0.717) is 26.4 Å². The van der Waals surface area contributed by atoms with Gasteiger partial charge in [0.1, 0.15) is 36.6 Å². The summed E-state index contributed by atoms with van der Waals surface area (Å²) in [4.78, 5) is 0. The molecule has 1 aliphatic rings. The fourth-order valence-electron chi connectivity index (χ4n) is 9.86. The molecule has 0 amide bonds. The number of ether oxygens (including phenoxy) is 4. The molecule has 1 saturated carbocycles. The minimum Gasteiger partial charge on any atom is -0.387 e.